The Morgan fingerprint density at radius 3 is 2.41 bits per heavy atom. The zero-order chi connectivity index (χ0) is 23.0. The zero-order valence-electron chi connectivity index (χ0n) is 18.9. The molecule has 2 aromatic carbocycles. The van der Waals surface area contributed by atoms with Crippen molar-refractivity contribution in [3.63, 3.8) is 0 Å². The van der Waals surface area contributed by atoms with E-state index < -0.39 is 10.8 Å². The Morgan fingerprint density at radius 2 is 1.78 bits per heavy atom. The SMILES string of the molecule is COc1ccc(CCNC(=O)C2N3C(=O)c4c(ccc(OC)c4OC)C3SC2(C)C)cc1. The van der Waals surface area contributed by atoms with Crippen LogP contribution in [0.4, 0.5) is 0 Å². The molecule has 7 nitrogen and oxygen atoms in total. The summed E-state index contributed by atoms with van der Waals surface area (Å²) < 4.78 is 15.6. The second kappa shape index (κ2) is 8.58. The number of hydrogen-bond donors (Lipinski definition) is 1. The Bertz CT molecular complexity index is 1040. The number of carbonyl (C=O) groups excluding carboxylic acids is 2. The van der Waals surface area contributed by atoms with Crippen LogP contribution in [-0.4, -0.2) is 55.4 Å². The van der Waals surface area contributed by atoms with E-state index in [9.17, 15) is 9.59 Å². The Kier molecular flexibility index (Phi) is 5.99. The molecule has 2 aliphatic heterocycles. The molecular weight excluding hydrogens is 428 g/mol. The maximum Gasteiger partial charge on any atom is 0.260 e. The highest BCUT2D eigenvalue weighted by Crippen LogP contribution is 2.58. The van der Waals surface area contributed by atoms with Gasteiger partial charge in [-0.15, -0.1) is 11.8 Å². The van der Waals surface area contributed by atoms with Crippen LogP contribution in [0.5, 0.6) is 17.2 Å². The molecule has 0 aliphatic carbocycles. The number of benzene rings is 2. The van der Waals surface area contributed by atoms with Gasteiger partial charge in [-0.05, 0) is 44.0 Å². The monoisotopic (exact) mass is 456 g/mol. The molecule has 4 rings (SSSR count). The number of fused-ring (bicyclic) bond motifs is 3. The Balaban J connectivity index is 1.52. The molecule has 0 spiro atoms. The normalized spacial score (nSPS) is 20.5. The molecule has 8 heteroatoms. The van der Waals surface area contributed by atoms with Crippen LogP contribution >= 0.6 is 11.8 Å². The third-order valence-corrected chi connectivity index (χ3v) is 7.55. The number of nitrogens with zero attached hydrogens (tertiary/aromatic N) is 1. The maximum absolute atomic E-state index is 13.5. The summed E-state index contributed by atoms with van der Waals surface area (Å²) in [6.07, 6.45) is 0.693. The number of thioether (sulfide) groups is 1. The van der Waals surface area contributed by atoms with Gasteiger partial charge in [-0.1, -0.05) is 18.2 Å². The number of methoxy groups -OCH3 is 3. The standard InChI is InChI=1S/C24H28N2O5S/c1-24(2)20(21(27)25-13-12-14-6-8-15(29-3)9-7-14)26-22(28)18-16(23(26)32-24)10-11-17(30-4)19(18)31-5/h6-11,20,23H,12-13H2,1-5H3,(H,25,27). The van der Waals surface area contributed by atoms with Gasteiger partial charge in [-0.2, -0.15) is 0 Å². The van der Waals surface area contributed by atoms with E-state index in [0.717, 1.165) is 16.9 Å². The van der Waals surface area contributed by atoms with E-state index in [2.05, 4.69) is 5.32 Å². The van der Waals surface area contributed by atoms with Crippen molar-refractivity contribution in [2.75, 3.05) is 27.9 Å². The molecule has 2 aliphatic rings. The van der Waals surface area contributed by atoms with Crippen LogP contribution in [0.1, 0.15) is 40.7 Å². The minimum absolute atomic E-state index is 0.148. The lowest BCUT2D eigenvalue weighted by atomic mass is 10.0. The van der Waals surface area contributed by atoms with E-state index in [4.69, 9.17) is 14.2 Å². The summed E-state index contributed by atoms with van der Waals surface area (Å²) in [4.78, 5) is 28.4. The molecule has 0 radical (unpaired) electrons. The van der Waals surface area contributed by atoms with Crippen molar-refractivity contribution in [1.82, 2.24) is 10.2 Å². The van der Waals surface area contributed by atoms with E-state index in [1.54, 1.807) is 30.9 Å². The fraction of sp³-hybridized carbons (Fsp3) is 0.417. The lowest BCUT2D eigenvalue weighted by molar-refractivity contribution is -0.126. The summed E-state index contributed by atoms with van der Waals surface area (Å²) in [6.45, 7) is 4.51. The number of carbonyl (C=O) groups is 2. The van der Waals surface area contributed by atoms with Gasteiger partial charge in [0, 0.05) is 16.9 Å². The van der Waals surface area contributed by atoms with Gasteiger partial charge in [0.15, 0.2) is 11.5 Å². The fourth-order valence-electron chi connectivity index (χ4n) is 4.47. The summed E-state index contributed by atoms with van der Waals surface area (Å²) in [5, 5.41) is 2.80. The highest BCUT2D eigenvalue weighted by atomic mass is 32.2. The molecule has 2 heterocycles. The van der Waals surface area contributed by atoms with Crippen molar-refractivity contribution in [3.8, 4) is 17.2 Å². The third-order valence-electron chi connectivity index (χ3n) is 6.02. The van der Waals surface area contributed by atoms with E-state index in [1.807, 2.05) is 50.2 Å². The first-order chi connectivity index (χ1) is 15.3. The van der Waals surface area contributed by atoms with Crippen molar-refractivity contribution >= 4 is 23.6 Å². The van der Waals surface area contributed by atoms with Gasteiger partial charge in [-0.3, -0.25) is 9.59 Å². The van der Waals surface area contributed by atoms with Crippen LogP contribution in [0.3, 0.4) is 0 Å². The highest BCUT2D eigenvalue weighted by molar-refractivity contribution is 8.01. The number of rotatable bonds is 7. The third kappa shape index (κ3) is 3.66. The van der Waals surface area contributed by atoms with E-state index in [1.165, 1.54) is 7.11 Å². The molecule has 2 atom stereocenters. The first-order valence-corrected chi connectivity index (χ1v) is 11.4. The lowest BCUT2D eigenvalue weighted by Gasteiger charge is -2.29. The minimum atomic E-state index is -0.594. The van der Waals surface area contributed by atoms with Crippen LogP contribution < -0.4 is 19.5 Å². The van der Waals surface area contributed by atoms with Crippen molar-refractivity contribution in [1.29, 1.82) is 0 Å². The molecule has 0 bridgehead atoms. The summed E-state index contributed by atoms with van der Waals surface area (Å²) in [7, 11) is 4.70. The molecule has 170 valence electrons. The van der Waals surface area contributed by atoms with Crippen LogP contribution in [0.25, 0.3) is 0 Å². The number of nitrogens with one attached hydrogen (secondary N) is 1. The predicted octanol–water partition coefficient (Wildman–Crippen LogP) is 3.42. The van der Waals surface area contributed by atoms with Gasteiger partial charge in [0.2, 0.25) is 5.91 Å². The molecule has 1 N–H and O–H groups in total. The number of hydrogen-bond acceptors (Lipinski definition) is 6. The average Bonchev–Trinajstić information content (AvgIpc) is 3.22. The first-order valence-electron chi connectivity index (χ1n) is 10.5. The van der Waals surface area contributed by atoms with E-state index in [-0.39, 0.29) is 17.2 Å². The number of ether oxygens (including phenoxy) is 3. The zero-order valence-corrected chi connectivity index (χ0v) is 19.7. The number of amides is 2. The van der Waals surface area contributed by atoms with Crippen molar-refractivity contribution in [3.05, 3.63) is 53.1 Å². The second-order valence-corrected chi connectivity index (χ2v) is 10.1. The molecule has 2 aromatic rings. The maximum atomic E-state index is 13.5. The smallest absolute Gasteiger partial charge is 0.260 e. The quantitative estimate of drug-likeness (QED) is 0.688. The Labute approximate surface area is 192 Å². The molecule has 1 saturated heterocycles. The molecule has 0 aromatic heterocycles. The second-order valence-electron chi connectivity index (χ2n) is 8.34. The first kappa shape index (κ1) is 22.3. The molecule has 0 saturated carbocycles. The van der Waals surface area contributed by atoms with Crippen LogP contribution in [0.15, 0.2) is 36.4 Å². The van der Waals surface area contributed by atoms with Gasteiger partial charge in [0.25, 0.3) is 5.91 Å². The van der Waals surface area contributed by atoms with Gasteiger partial charge in [0.1, 0.15) is 17.2 Å². The lowest BCUT2D eigenvalue weighted by Crippen LogP contribution is -2.52. The molecule has 2 amide bonds. The average molecular weight is 457 g/mol. The topological polar surface area (TPSA) is 77.1 Å². The summed E-state index contributed by atoms with van der Waals surface area (Å²) in [5.74, 6) is 1.37. The van der Waals surface area contributed by atoms with Gasteiger partial charge in [-0.25, -0.2) is 0 Å². The Morgan fingerprint density at radius 1 is 1.06 bits per heavy atom. The summed E-state index contributed by atoms with van der Waals surface area (Å²) in [6, 6.07) is 10.9. The summed E-state index contributed by atoms with van der Waals surface area (Å²) >= 11 is 1.62. The van der Waals surface area contributed by atoms with Crippen molar-refractivity contribution in [2.45, 2.75) is 36.4 Å². The van der Waals surface area contributed by atoms with E-state index in [0.29, 0.717) is 30.0 Å². The van der Waals surface area contributed by atoms with Gasteiger partial charge < -0.3 is 24.4 Å². The molecule has 1 fully saturated rings. The minimum Gasteiger partial charge on any atom is -0.497 e. The van der Waals surface area contributed by atoms with E-state index >= 15 is 0 Å². The summed E-state index contributed by atoms with van der Waals surface area (Å²) in [5.41, 5.74) is 2.45. The largest absolute Gasteiger partial charge is 0.497 e. The predicted molar refractivity (Wildman–Crippen MR) is 124 cm³/mol. The Hall–Kier alpha value is -2.87. The van der Waals surface area contributed by atoms with Gasteiger partial charge in [0.05, 0.1) is 26.9 Å². The fourth-order valence-corrected chi connectivity index (χ4v) is 6.05. The van der Waals surface area contributed by atoms with Crippen molar-refractivity contribution < 1.29 is 23.8 Å². The van der Waals surface area contributed by atoms with Crippen molar-refractivity contribution in [2.24, 2.45) is 0 Å². The molecule has 32 heavy (non-hydrogen) atoms. The highest BCUT2D eigenvalue weighted by Gasteiger charge is 2.58. The molecular formula is C24H28N2O5S. The van der Waals surface area contributed by atoms with Crippen LogP contribution in [-0.2, 0) is 11.2 Å². The van der Waals surface area contributed by atoms with Crippen LogP contribution in [0.2, 0.25) is 0 Å². The molecule has 2 unspecified atom stereocenters. The van der Waals surface area contributed by atoms with Crippen LogP contribution in [0, 0.1) is 0 Å². The van der Waals surface area contributed by atoms with Gasteiger partial charge >= 0.3 is 0 Å².